The van der Waals surface area contributed by atoms with Crippen LogP contribution in [0.25, 0.3) is 0 Å². The fourth-order valence-electron chi connectivity index (χ4n) is 0.428. The van der Waals surface area contributed by atoms with Gasteiger partial charge in [0.25, 0.3) is 0 Å². The van der Waals surface area contributed by atoms with E-state index in [1.807, 2.05) is 0 Å². The molecule has 0 bridgehead atoms. The lowest BCUT2D eigenvalue weighted by Crippen LogP contribution is -1.64. The molecule has 8 heavy (non-hydrogen) atoms. The predicted octanol–water partition coefficient (Wildman–Crippen LogP) is 1.58. The van der Waals surface area contributed by atoms with E-state index in [2.05, 4.69) is 18.0 Å². The third-order valence-electron chi connectivity index (χ3n) is 0.768. The zero-order chi connectivity index (χ0) is 5.98. The lowest BCUT2D eigenvalue weighted by molar-refractivity contribution is 1.30. The summed E-state index contributed by atoms with van der Waals surface area (Å²) in [6, 6.07) is 1.58. The fraction of sp³-hybridized carbons (Fsp3) is 0. The van der Waals surface area contributed by atoms with Gasteiger partial charge < -0.3 is 0 Å². The molecule has 0 saturated carbocycles. The maximum atomic E-state index is 9.72. The summed E-state index contributed by atoms with van der Waals surface area (Å²) in [6.07, 6.45) is 3.16. The van der Waals surface area contributed by atoms with Crippen LogP contribution < -0.4 is 0 Å². The first-order valence-electron chi connectivity index (χ1n) is 2.03. The molecule has 1 rings (SSSR count). The van der Waals surface area contributed by atoms with Crippen molar-refractivity contribution in [3.63, 3.8) is 0 Å². The quantitative estimate of drug-likeness (QED) is 0.452. The average Bonchev–Trinajstić information content (AvgIpc) is 2.14. The van der Waals surface area contributed by atoms with Gasteiger partial charge in [0.1, 0.15) is 5.69 Å². The van der Waals surface area contributed by atoms with Crippen molar-refractivity contribution in [2.45, 2.75) is 0 Å². The van der Waals surface area contributed by atoms with Gasteiger partial charge in [-0.05, 0) is 11.2 Å². The van der Waals surface area contributed by atoms with Crippen LogP contribution in [0.15, 0.2) is 23.6 Å². The van der Waals surface area contributed by atoms with Crippen LogP contribution >= 0.6 is 12.8 Å². The highest BCUT2D eigenvalue weighted by atomic mass is 32.1. The fourth-order valence-corrected chi connectivity index (χ4v) is 0.613. The summed E-state index contributed by atoms with van der Waals surface area (Å²) < 4.78 is 1.47. The maximum Gasteiger partial charge on any atom is 0.126 e. The van der Waals surface area contributed by atoms with Crippen LogP contribution in [0.3, 0.4) is 0 Å². The van der Waals surface area contributed by atoms with Crippen LogP contribution in [-0.4, -0.2) is 3.97 Å². The van der Waals surface area contributed by atoms with Crippen molar-refractivity contribution in [2.75, 3.05) is 0 Å². The van der Waals surface area contributed by atoms with Gasteiger partial charge in [0.05, 0.1) is 0 Å². The van der Waals surface area contributed by atoms with E-state index in [0.717, 1.165) is 0 Å². The molecule has 4 heteroatoms. The minimum absolute atomic E-state index is 0.403. The highest BCUT2D eigenvalue weighted by molar-refractivity contribution is 7.78. The second-order valence-electron chi connectivity index (χ2n) is 1.34. The summed E-state index contributed by atoms with van der Waals surface area (Å²) in [5, 5.41) is 2.67. The molecule has 0 aliphatic carbocycles. The van der Waals surface area contributed by atoms with Crippen molar-refractivity contribution in [1.82, 2.24) is 3.97 Å². The van der Waals surface area contributed by atoms with Gasteiger partial charge in [-0.25, -0.2) is 0 Å². The van der Waals surface area contributed by atoms with Gasteiger partial charge in [-0.1, -0.05) is 12.8 Å². The Morgan fingerprint density at radius 1 is 1.75 bits per heavy atom. The minimum Gasteiger partial charge on any atom is -0.299 e. The van der Waals surface area contributed by atoms with Gasteiger partial charge in [-0.2, -0.15) is 0 Å². The Morgan fingerprint density at radius 2 is 2.50 bits per heavy atom. The van der Waals surface area contributed by atoms with E-state index in [1.54, 1.807) is 12.3 Å². The Kier molecular flexibility index (Phi) is 1.34. The van der Waals surface area contributed by atoms with Crippen LogP contribution in [0.1, 0.15) is 0 Å². The molecule has 42 valence electrons. The molecule has 0 aliphatic rings. The van der Waals surface area contributed by atoms with Gasteiger partial charge in [0, 0.05) is 12.4 Å². The summed E-state index contributed by atoms with van der Waals surface area (Å²) in [4.78, 5) is 9.72. The van der Waals surface area contributed by atoms with Crippen LogP contribution in [0.2, 0.25) is 0 Å². The first-order valence-corrected chi connectivity index (χ1v) is 2.43. The topological polar surface area (TPSA) is 34.4 Å². The summed E-state index contributed by atoms with van der Waals surface area (Å²) in [7, 11) is 0. The normalized spacial score (nSPS) is 9.12. The van der Waals surface area contributed by atoms with E-state index in [4.69, 9.17) is 0 Å². The Labute approximate surface area is 51.8 Å². The lowest BCUT2D eigenvalue weighted by atomic mass is 10.6. The molecule has 1 aromatic rings. The molecular weight excluding hydrogens is 124 g/mol. The largest absolute Gasteiger partial charge is 0.299 e. The van der Waals surface area contributed by atoms with Crippen LogP contribution in [-0.2, 0) is 0 Å². The Balaban J connectivity index is 3.00. The number of nitroso groups, excluding NO2 is 1. The number of aromatic nitrogens is 1. The molecule has 0 aliphatic heterocycles. The molecule has 0 spiro atoms. The second-order valence-corrected chi connectivity index (χ2v) is 1.80. The van der Waals surface area contributed by atoms with E-state index < -0.39 is 0 Å². The first kappa shape index (κ1) is 5.37. The molecule has 0 N–H and O–H groups in total. The van der Waals surface area contributed by atoms with Gasteiger partial charge in [-0.3, -0.25) is 3.97 Å². The number of hydrogen-bond donors (Lipinski definition) is 1. The van der Waals surface area contributed by atoms with E-state index in [9.17, 15) is 4.91 Å². The maximum absolute atomic E-state index is 9.72. The SMILES string of the molecule is O=Nc1ccn(S)c1. The van der Waals surface area contributed by atoms with Crippen LogP contribution in [0.5, 0.6) is 0 Å². The Hall–Kier alpha value is -0.770. The van der Waals surface area contributed by atoms with E-state index in [1.165, 1.54) is 10.2 Å². The number of rotatable bonds is 1. The summed E-state index contributed by atoms with van der Waals surface area (Å²) >= 11 is 3.88. The Morgan fingerprint density at radius 3 is 2.75 bits per heavy atom. The molecule has 0 saturated heterocycles. The summed E-state index contributed by atoms with van der Waals surface area (Å²) in [5.74, 6) is 0. The summed E-state index contributed by atoms with van der Waals surface area (Å²) in [6.45, 7) is 0. The molecule has 0 aromatic carbocycles. The van der Waals surface area contributed by atoms with Crippen LogP contribution in [0, 0.1) is 4.91 Å². The van der Waals surface area contributed by atoms with E-state index in [0.29, 0.717) is 5.69 Å². The molecule has 0 atom stereocenters. The van der Waals surface area contributed by atoms with Crippen molar-refractivity contribution >= 4 is 18.5 Å². The molecule has 0 amide bonds. The number of hydrogen-bond acceptors (Lipinski definition) is 3. The minimum atomic E-state index is 0.403. The lowest BCUT2D eigenvalue weighted by Gasteiger charge is -1.78. The van der Waals surface area contributed by atoms with Gasteiger partial charge in [-0.15, -0.1) is 4.91 Å². The highest BCUT2D eigenvalue weighted by Crippen LogP contribution is 2.10. The van der Waals surface area contributed by atoms with Gasteiger partial charge in [0.2, 0.25) is 0 Å². The van der Waals surface area contributed by atoms with E-state index >= 15 is 0 Å². The summed E-state index contributed by atoms with van der Waals surface area (Å²) in [5.41, 5.74) is 0.403. The first-order chi connectivity index (χ1) is 3.83. The van der Waals surface area contributed by atoms with Crippen molar-refractivity contribution in [3.05, 3.63) is 23.4 Å². The van der Waals surface area contributed by atoms with Crippen molar-refractivity contribution in [3.8, 4) is 0 Å². The van der Waals surface area contributed by atoms with Crippen LogP contribution in [0.4, 0.5) is 5.69 Å². The average molecular weight is 128 g/mol. The molecule has 1 aromatic heterocycles. The third-order valence-corrected chi connectivity index (χ3v) is 1.02. The molecular formula is C4H4N2OS. The molecule has 0 unspecified atom stereocenters. The molecule has 0 radical (unpaired) electrons. The third kappa shape index (κ3) is 0.894. The zero-order valence-electron chi connectivity index (χ0n) is 3.98. The number of thiol groups is 1. The van der Waals surface area contributed by atoms with E-state index in [-0.39, 0.29) is 0 Å². The van der Waals surface area contributed by atoms with Crippen molar-refractivity contribution in [1.29, 1.82) is 0 Å². The van der Waals surface area contributed by atoms with Gasteiger partial charge >= 0.3 is 0 Å². The Bertz CT molecular complexity index is 196. The standard InChI is InChI=1S/C4H4N2OS/c7-5-4-1-2-6(8)3-4/h1-3,8H. The molecule has 0 fully saturated rings. The highest BCUT2D eigenvalue weighted by Gasteiger charge is 1.88. The smallest absolute Gasteiger partial charge is 0.126 e. The molecule has 1 heterocycles. The molecule has 3 nitrogen and oxygen atoms in total. The predicted molar refractivity (Wildman–Crippen MR) is 34.3 cm³/mol. The van der Waals surface area contributed by atoms with Crippen molar-refractivity contribution < 1.29 is 0 Å². The van der Waals surface area contributed by atoms with Gasteiger partial charge in [0.15, 0.2) is 0 Å². The van der Waals surface area contributed by atoms with Crippen molar-refractivity contribution in [2.24, 2.45) is 5.18 Å². The zero-order valence-corrected chi connectivity index (χ0v) is 4.88. The number of nitrogens with zero attached hydrogens (tertiary/aromatic N) is 2. The monoisotopic (exact) mass is 128 g/mol. The second kappa shape index (κ2) is 2.00.